The first-order valence-corrected chi connectivity index (χ1v) is 4.98. The molecule has 1 aromatic carbocycles. The van der Waals surface area contributed by atoms with Gasteiger partial charge in [-0.15, -0.1) is 12.4 Å². The fourth-order valence-corrected chi connectivity index (χ4v) is 1.18. The Kier molecular flexibility index (Phi) is 6.53. The summed E-state index contributed by atoms with van der Waals surface area (Å²) in [5, 5.41) is 2.58. The molecule has 0 aliphatic heterocycles. The zero-order chi connectivity index (χ0) is 12.1. The highest BCUT2D eigenvalue weighted by Gasteiger charge is 2.13. The number of nitrogens with one attached hydrogen (secondary N) is 1. The molecule has 1 aromatic rings. The summed E-state index contributed by atoms with van der Waals surface area (Å²) in [5.41, 5.74) is 5.97. The minimum Gasteiger partial charge on any atom is -0.494 e. The molecular weight excluding hydrogens is 247 g/mol. The van der Waals surface area contributed by atoms with E-state index in [4.69, 9.17) is 10.5 Å². The molecule has 0 aliphatic rings. The maximum Gasteiger partial charge on any atom is 0.241 e. The van der Waals surface area contributed by atoms with E-state index in [1.807, 2.05) is 6.92 Å². The van der Waals surface area contributed by atoms with E-state index in [9.17, 15) is 9.18 Å². The van der Waals surface area contributed by atoms with Crippen LogP contribution in [0.25, 0.3) is 0 Å². The van der Waals surface area contributed by atoms with E-state index < -0.39 is 11.9 Å². The minimum atomic E-state index is -0.574. The Morgan fingerprint density at radius 3 is 2.76 bits per heavy atom. The number of methoxy groups -OCH3 is 1. The first-order valence-electron chi connectivity index (χ1n) is 4.98. The van der Waals surface area contributed by atoms with Crippen LogP contribution in [0.5, 0.6) is 5.75 Å². The summed E-state index contributed by atoms with van der Waals surface area (Å²) in [6, 6.07) is 3.31. The Morgan fingerprint density at radius 2 is 2.24 bits per heavy atom. The van der Waals surface area contributed by atoms with Gasteiger partial charge in [-0.2, -0.15) is 0 Å². The molecule has 0 aliphatic carbocycles. The summed E-state index contributed by atoms with van der Waals surface area (Å²) in [7, 11) is 1.41. The van der Waals surface area contributed by atoms with Crippen LogP contribution in [0.4, 0.5) is 10.1 Å². The average molecular weight is 263 g/mol. The molecule has 3 N–H and O–H groups in total. The molecule has 0 saturated carbocycles. The molecule has 0 saturated heterocycles. The van der Waals surface area contributed by atoms with Gasteiger partial charge in [0, 0.05) is 6.07 Å². The van der Waals surface area contributed by atoms with Crippen molar-refractivity contribution in [2.75, 3.05) is 12.4 Å². The molecular formula is C11H16ClFN2O2. The lowest BCUT2D eigenvalue weighted by atomic mass is 10.2. The molecule has 6 heteroatoms. The largest absolute Gasteiger partial charge is 0.494 e. The van der Waals surface area contributed by atoms with Crippen LogP contribution < -0.4 is 15.8 Å². The number of anilines is 1. The molecule has 0 bridgehead atoms. The maximum atomic E-state index is 12.9. The van der Waals surface area contributed by atoms with E-state index >= 15 is 0 Å². The number of carbonyl (C=O) groups excluding carboxylic acids is 1. The predicted octanol–water partition coefficient (Wildman–Crippen LogP) is 1.93. The van der Waals surface area contributed by atoms with E-state index in [1.54, 1.807) is 0 Å². The summed E-state index contributed by atoms with van der Waals surface area (Å²) >= 11 is 0. The summed E-state index contributed by atoms with van der Waals surface area (Å²) < 4.78 is 17.8. The summed E-state index contributed by atoms with van der Waals surface area (Å²) in [6.45, 7) is 1.81. The number of halogens is 2. The highest BCUT2D eigenvalue weighted by molar-refractivity contribution is 5.95. The van der Waals surface area contributed by atoms with Crippen molar-refractivity contribution < 1.29 is 13.9 Å². The van der Waals surface area contributed by atoms with Crippen LogP contribution in [-0.2, 0) is 4.79 Å². The number of amides is 1. The number of ether oxygens (including phenoxy) is 1. The van der Waals surface area contributed by atoms with Crippen molar-refractivity contribution in [2.24, 2.45) is 5.73 Å². The van der Waals surface area contributed by atoms with Crippen LogP contribution in [0, 0.1) is 5.82 Å². The number of carbonyl (C=O) groups is 1. The van der Waals surface area contributed by atoms with E-state index in [0.29, 0.717) is 12.1 Å². The zero-order valence-corrected chi connectivity index (χ0v) is 10.5. The first kappa shape index (κ1) is 15.7. The normalized spacial score (nSPS) is 11.3. The molecule has 0 unspecified atom stereocenters. The Bertz CT molecular complexity index is 388. The van der Waals surface area contributed by atoms with Crippen LogP contribution in [-0.4, -0.2) is 19.1 Å². The molecule has 4 nitrogen and oxygen atoms in total. The van der Waals surface area contributed by atoms with E-state index in [-0.39, 0.29) is 24.1 Å². The van der Waals surface area contributed by atoms with Gasteiger partial charge in [-0.25, -0.2) is 4.39 Å². The third kappa shape index (κ3) is 4.20. The summed E-state index contributed by atoms with van der Waals surface area (Å²) in [5.74, 6) is -0.460. The van der Waals surface area contributed by atoms with E-state index in [1.165, 1.54) is 25.3 Å². The maximum absolute atomic E-state index is 12.9. The highest BCUT2D eigenvalue weighted by atomic mass is 35.5. The number of hydrogen-bond acceptors (Lipinski definition) is 3. The van der Waals surface area contributed by atoms with Gasteiger partial charge in [-0.1, -0.05) is 6.92 Å². The van der Waals surface area contributed by atoms with Gasteiger partial charge in [-0.05, 0) is 18.6 Å². The number of benzene rings is 1. The third-order valence-corrected chi connectivity index (χ3v) is 2.20. The average Bonchev–Trinajstić information content (AvgIpc) is 2.30. The van der Waals surface area contributed by atoms with Crippen LogP contribution in [0.15, 0.2) is 18.2 Å². The molecule has 0 spiro atoms. The lowest BCUT2D eigenvalue weighted by Gasteiger charge is -2.12. The van der Waals surface area contributed by atoms with Crippen molar-refractivity contribution >= 4 is 24.0 Å². The van der Waals surface area contributed by atoms with Gasteiger partial charge in [0.1, 0.15) is 11.6 Å². The Labute approximate surface area is 106 Å². The Hall–Kier alpha value is -1.33. The van der Waals surface area contributed by atoms with Gasteiger partial charge < -0.3 is 15.8 Å². The van der Waals surface area contributed by atoms with Crippen molar-refractivity contribution in [3.63, 3.8) is 0 Å². The van der Waals surface area contributed by atoms with Gasteiger partial charge >= 0.3 is 0 Å². The van der Waals surface area contributed by atoms with Crippen molar-refractivity contribution in [2.45, 2.75) is 19.4 Å². The standard InChI is InChI=1S/C11H15FN2O2.ClH/c1-3-8(13)11(15)14-9-5-4-7(12)6-10(9)16-2;/h4-6,8H,3,13H2,1-2H3,(H,14,15);1H/t8-;/m0./s1. The molecule has 96 valence electrons. The SMILES string of the molecule is CC[C@H](N)C(=O)Nc1ccc(F)cc1OC.Cl. The molecule has 0 heterocycles. The van der Waals surface area contributed by atoms with Crippen LogP contribution in [0.1, 0.15) is 13.3 Å². The Balaban J connectivity index is 0.00000256. The molecule has 17 heavy (non-hydrogen) atoms. The topological polar surface area (TPSA) is 64.4 Å². The molecule has 1 rings (SSSR count). The van der Waals surface area contributed by atoms with Gasteiger partial charge in [0.25, 0.3) is 0 Å². The number of nitrogens with two attached hydrogens (primary N) is 1. The van der Waals surface area contributed by atoms with Crippen LogP contribution in [0.2, 0.25) is 0 Å². The van der Waals surface area contributed by atoms with Crippen molar-refractivity contribution in [3.8, 4) is 5.75 Å². The monoisotopic (exact) mass is 262 g/mol. The smallest absolute Gasteiger partial charge is 0.241 e. The van der Waals surface area contributed by atoms with Gasteiger partial charge in [0.2, 0.25) is 5.91 Å². The Morgan fingerprint density at radius 1 is 1.59 bits per heavy atom. The second-order valence-corrected chi connectivity index (χ2v) is 3.35. The fraction of sp³-hybridized carbons (Fsp3) is 0.364. The van der Waals surface area contributed by atoms with E-state index in [2.05, 4.69) is 5.32 Å². The number of hydrogen-bond donors (Lipinski definition) is 2. The first-order chi connectivity index (χ1) is 7.58. The fourth-order valence-electron chi connectivity index (χ4n) is 1.18. The highest BCUT2D eigenvalue weighted by Crippen LogP contribution is 2.24. The van der Waals surface area contributed by atoms with Gasteiger partial charge in [0.05, 0.1) is 18.8 Å². The lowest BCUT2D eigenvalue weighted by molar-refractivity contribution is -0.117. The second-order valence-electron chi connectivity index (χ2n) is 3.35. The summed E-state index contributed by atoms with van der Waals surface area (Å²) in [6.07, 6.45) is 0.537. The second kappa shape index (κ2) is 7.09. The van der Waals surface area contributed by atoms with Gasteiger partial charge in [0.15, 0.2) is 0 Å². The van der Waals surface area contributed by atoms with Crippen LogP contribution in [0.3, 0.4) is 0 Å². The summed E-state index contributed by atoms with van der Waals surface area (Å²) in [4.78, 5) is 11.5. The predicted molar refractivity (Wildman–Crippen MR) is 67.1 cm³/mol. The lowest BCUT2D eigenvalue weighted by Crippen LogP contribution is -2.34. The quantitative estimate of drug-likeness (QED) is 0.872. The van der Waals surface area contributed by atoms with Crippen molar-refractivity contribution in [3.05, 3.63) is 24.0 Å². The van der Waals surface area contributed by atoms with Crippen molar-refractivity contribution in [1.82, 2.24) is 0 Å². The molecule has 0 fully saturated rings. The third-order valence-electron chi connectivity index (χ3n) is 2.20. The number of rotatable bonds is 4. The van der Waals surface area contributed by atoms with Gasteiger partial charge in [-0.3, -0.25) is 4.79 Å². The molecule has 1 atom stereocenters. The zero-order valence-electron chi connectivity index (χ0n) is 9.70. The molecule has 0 radical (unpaired) electrons. The minimum absolute atomic E-state index is 0. The van der Waals surface area contributed by atoms with Crippen LogP contribution >= 0.6 is 12.4 Å². The van der Waals surface area contributed by atoms with Crippen molar-refractivity contribution in [1.29, 1.82) is 0 Å². The molecule has 1 amide bonds. The molecule has 0 aromatic heterocycles. The van der Waals surface area contributed by atoms with E-state index in [0.717, 1.165) is 0 Å².